The number of hydrogen-bond acceptors (Lipinski definition) is 0. The molecule has 0 saturated heterocycles. The first-order valence-corrected chi connectivity index (χ1v) is 9.36. The third-order valence-electron chi connectivity index (χ3n) is 4.26. The predicted octanol–water partition coefficient (Wildman–Crippen LogP) is 7.89. The third kappa shape index (κ3) is 5.31. The van der Waals surface area contributed by atoms with Crippen molar-refractivity contribution in [3.63, 3.8) is 0 Å². The highest BCUT2D eigenvalue weighted by Gasteiger charge is 2.87. The Bertz CT molecular complexity index is 459. The lowest BCUT2D eigenvalue weighted by Crippen LogP contribution is -2.68. The van der Waals surface area contributed by atoms with Gasteiger partial charge in [0.1, 0.15) is 0 Å². The Balaban J connectivity index is 5.45. The summed E-state index contributed by atoms with van der Waals surface area (Å²) in [6.45, 7) is 2.33. The van der Waals surface area contributed by atoms with Gasteiger partial charge in [0.05, 0.1) is 0 Å². The van der Waals surface area contributed by atoms with Crippen LogP contribution < -0.4 is 0 Å². The number of unbranched alkanes of at least 4 members (excludes halogenated alkanes) is 4. The van der Waals surface area contributed by atoms with Gasteiger partial charge in [0.25, 0.3) is 0 Å². The van der Waals surface area contributed by atoms with Gasteiger partial charge in [-0.05, 0) is 6.42 Å². The van der Waals surface area contributed by atoms with Gasteiger partial charge in [-0.25, -0.2) is 0 Å². The lowest BCUT2D eigenvalue weighted by atomic mass is 9.87. The second-order valence-corrected chi connectivity index (χ2v) is 7.95. The van der Waals surface area contributed by atoms with Crippen molar-refractivity contribution in [1.29, 1.82) is 0 Å². The quantitative estimate of drug-likeness (QED) is 0.109. The fourth-order valence-corrected chi connectivity index (χ4v) is 3.18. The van der Waals surface area contributed by atoms with Gasteiger partial charge >= 0.3 is 29.9 Å². The molecule has 0 heterocycles. The Morgan fingerprint density at radius 1 is 0.667 bits per heavy atom. The van der Waals surface area contributed by atoms with Crippen LogP contribution in [0.1, 0.15) is 52.4 Å². The molecule has 0 radical (unpaired) electrons. The summed E-state index contributed by atoms with van der Waals surface area (Å²) in [5.74, 6) is -29.9. The molecule has 2 unspecified atom stereocenters. The van der Waals surface area contributed by atoms with Crippen molar-refractivity contribution in [2.45, 2.75) is 86.2 Å². The summed E-state index contributed by atoms with van der Waals surface area (Å²) in [7, 11) is 0. The molecule has 0 rings (SSSR count). The molecule has 0 aliphatic heterocycles. The van der Waals surface area contributed by atoms with Crippen molar-refractivity contribution in [2.75, 3.05) is 0 Å². The molecule has 0 aromatic heterocycles. The van der Waals surface area contributed by atoms with Gasteiger partial charge in [-0.15, -0.1) is 0 Å². The van der Waals surface area contributed by atoms with E-state index in [-0.39, 0.29) is 6.42 Å². The minimum absolute atomic E-state index is 0.0989. The molecule has 0 spiro atoms. The maximum atomic E-state index is 14.0. The van der Waals surface area contributed by atoms with E-state index < -0.39 is 39.7 Å². The molecule has 0 aliphatic carbocycles. The topological polar surface area (TPSA) is 0 Å². The zero-order valence-electron chi connectivity index (χ0n) is 14.4. The molecule has 0 aromatic carbocycles. The predicted molar refractivity (Wildman–Crippen MR) is 86.2 cm³/mol. The van der Waals surface area contributed by atoms with E-state index in [1.807, 2.05) is 6.92 Å². The lowest BCUT2D eigenvalue weighted by Gasteiger charge is -2.40. The van der Waals surface area contributed by atoms with E-state index in [9.17, 15) is 48.3 Å². The van der Waals surface area contributed by atoms with Gasteiger partial charge in [0.15, 0.2) is 0 Å². The highest BCUT2D eigenvalue weighted by molar-refractivity contribution is 14.1. The zero-order valence-corrected chi connectivity index (χ0v) is 16.6. The summed E-state index contributed by atoms with van der Waals surface area (Å²) < 4.78 is 142. The maximum absolute atomic E-state index is 14.0. The van der Waals surface area contributed by atoms with E-state index in [4.69, 9.17) is 0 Å². The molecular formula is C15H20F11I. The molecule has 2 atom stereocenters. The van der Waals surface area contributed by atoms with E-state index in [0.29, 0.717) is 19.8 Å². The Hall–Kier alpha value is -0.0400. The van der Waals surface area contributed by atoms with Crippen LogP contribution in [0.5, 0.6) is 0 Å². The van der Waals surface area contributed by atoms with E-state index >= 15 is 0 Å². The number of hydrogen-bond donors (Lipinski definition) is 0. The largest absolute Gasteiger partial charge is 0.460 e. The summed E-state index contributed by atoms with van der Waals surface area (Å²) in [5.41, 5.74) is 0. The van der Waals surface area contributed by atoms with Crippen molar-refractivity contribution in [3.8, 4) is 0 Å². The van der Waals surface area contributed by atoms with Gasteiger partial charge in [-0.3, -0.25) is 0 Å². The summed E-state index contributed by atoms with van der Waals surface area (Å²) in [6, 6.07) is 0. The Morgan fingerprint density at radius 3 is 1.52 bits per heavy atom. The van der Waals surface area contributed by atoms with Crippen LogP contribution in [-0.2, 0) is 0 Å². The minimum atomic E-state index is -7.33. The van der Waals surface area contributed by atoms with Gasteiger partial charge in [-0.2, -0.15) is 48.3 Å². The molecule has 0 saturated carbocycles. The number of alkyl halides is 12. The van der Waals surface area contributed by atoms with Crippen LogP contribution in [0.3, 0.4) is 0 Å². The monoisotopic (exact) mass is 536 g/mol. The van der Waals surface area contributed by atoms with Gasteiger partial charge in [-0.1, -0.05) is 68.5 Å². The molecule has 0 N–H and O–H groups in total. The molecule has 27 heavy (non-hydrogen) atoms. The Morgan fingerprint density at radius 2 is 1.11 bits per heavy atom. The minimum Gasteiger partial charge on any atom is -0.199 e. The molecule has 164 valence electrons. The summed E-state index contributed by atoms with van der Waals surface area (Å²) >= 11 is 1.29. The Labute approximate surface area is 163 Å². The first-order valence-electron chi connectivity index (χ1n) is 8.11. The second-order valence-electron chi connectivity index (χ2n) is 6.35. The van der Waals surface area contributed by atoms with Crippen molar-refractivity contribution in [3.05, 3.63) is 0 Å². The summed E-state index contributed by atoms with van der Waals surface area (Å²) in [6.07, 6.45) is -3.92. The highest BCUT2D eigenvalue weighted by atomic mass is 127. The van der Waals surface area contributed by atoms with Crippen LogP contribution in [0.25, 0.3) is 0 Å². The lowest BCUT2D eigenvalue weighted by molar-refractivity contribution is -0.426. The SMILES string of the molecule is CCCCCCCC(I)C(C)C(F)(F)C(F)(F)C(F)(F)C(F)(F)C(F)(F)F. The maximum Gasteiger partial charge on any atom is 0.460 e. The molecular weight excluding hydrogens is 516 g/mol. The normalized spacial score (nSPS) is 17.1. The molecule has 0 bridgehead atoms. The van der Waals surface area contributed by atoms with E-state index in [0.717, 1.165) is 19.3 Å². The van der Waals surface area contributed by atoms with Crippen LogP contribution in [0.15, 0.2) is 0 Å². The molecule has 0 nitrogen and oxygen atoms in total. The average molecular weight is 536 g/mol. The number of rotatable bonds is 11. The molecule has 0 fully saturated rings. The number of halogens is 12. The highest BCUT2D eigenvalue weighted by Crippen LogP contribution is 2.59. The first-order chi connectivity index (χ1) is 11.9. The van der Waals surface area contributed by atoms with Gasteiger partial charge in [0, 0.05) is 9.84 Å². The van der Waals surface area contributed by atoms with Crippen molar-refractivity contribution >= 4 is 22.6 Å². The van der Waals surface area contributed by atoms with Gasteiger partial charge in [0.2, 0.25) is 0 Å². The average Bonchev–Trinajstić information content (AvgIpc) is 2.51. The summed E-state index contributed by atoms with van der Waals surface area (Å²) in [5, 5.41) is 0. The molecule has 0 amide bonds. The second kappa shape index (κ2) is 9.19. The third-order valence-corrected chi connectivity index (χ3v) is 5.96. The molecule has 0 aliphatic rings. The van der Waals surface area contributed by atoms with Crippen molar-refractivity contribution in [1.82, 2.24) is 0 Å². The van der Waals surface area contributed by atoms with Crippen molar-refractivity contribution in [2.24, 2.45) is 5.92 Å². The van der Waals surface area contributed by atoms with E-state index in [2.05, 4.69) is 0 Å². The fraction of sp³-hybridized carbons (Fsp3) is 1.00. The molecule has 0 aromatic rings. The smallest absolute Gasteiger partial charge is 0.199 e. The Kier molecular flexibility index (Phi) is 9.17. The standard InChI is InChI=1S/C15H20F11I/c1-3-4-5-6-7-8-10(27)9(2)11(16,17)12(18,19)13(20,21)14(22,23)15(24,25)26/h9-10H,3-8H2,1-2H3. The van der Waals surface area contributed by atoms with E-state index in [1.165, 1.54) is 22.6 Å². The van der Waals surface area contributed by atoms with Crippen LogP contribution in [0.2, 0.25) is 0 Å². The van der Waals surface area contributed by atoms with Crippen LogP contribution in [0.4, 0.5) is 48.3 Å². The van der Waals surface area contributed by atoms with Crippen LogP contribution in [-0.4, -0.2) is 33.8 Å². The van der Waals surface area contributed by atoms with Crippen LogP contribution in [0, 0.1) is 5.92 Å². The van der Waals surface area contributed by atoms with Crippen molar-refractivity contribution < 1.29 is 48.3 Å². The van der Waals surface area contributed by atoms with E-state index in [1.54, 1.807) is 0 Å². The molecule has 12 heteroatoms. The van der Waals surface area contributed by atoms with Crippen LogP contribution >= 0.6 is 22.6 Å². The first kappa shape index (κ1) is 27.0. The fourth-order valence-electron chi connectivity index (χ4n) is 2.29. The zero-order chi connectivity index (χ0) is 21.9. The summed E-state index contributed by atoms with van der Waals surface area (Å²) in [4.78, 5) is 0. The van der Waals surface area contributed by atoms with Gasteiger partial charge < -0.3 is 0 Å².